The fourth-order valence-corrected chi connectivity index (χ4v) is 2.59. The lowest BCUT2D eigenvalue weighted by molar-refractivity contribution is 0.573. The van der Waals surface area contributed by atoms with E-state index in [4.69, 9.17) is 17.3 Å². The molecule has 0 aliphatic heterocycles. The molecule has 4 heteroatoms. The molecule has 1 unspecified atom stereocenters. The molecule has 0 aliphatic rings. The van der Waals surface area contributed by atoms with Gasteiger partial charge in [-0.25, -0.2) is 4.39 Å². The Kier molecular flexibility index (Phi) is 5.21. The highest BCUT2D eigenvalue weighted by molar-refractivity contribution is 6.30. The summed E-state index contributed by atoms with van der Waals surface area (Å²) in [6.45, 7) is 2.42. The summed E-state index contributed by atoms with van der Waals surface area (Å²) in [5, 5.41) is 0.514. The van der Waals surface area contributed by atoms with Gasteiger partial charge in [0.05, 0.1) is 6.04 Å². The van der Waals surface area contributed by atoms with Gasteiger partial charge in [-0.3, -0.25) is 0 Å². The Morgan fingerprint density at radius 3 is 2.43 bits per heavy atom. The van der Waals surface area contributed by atoms with Crippen molar-refractivity contribution in [1.29, 1.82) is 0 Å². The Bertz CT molecular complexity index is 598. The van der Waals surface area contributed by atoms with Crippen LogP contribution in [0.4, 0.5) is 10.1 Å². The largest absolute Gasteiger partial charge is 0.366 e. The van der Waals surface area contributed by atoms with Crippen molar-refractivity contribution in [3.63, 3.8) is 0 Å². The van der Waals surface area contributed by atoms with E-state index in [0.717, 1.165) is 12.1 Å². The monoisotopic (exact) mass is 306 g/mol. The third kappa shape index (κ3) is 3.55. The van der Waals surface area contributed by atoms with Gasteiger partial charge in [0.1, 0.15) is 5.82 Å². The molecule has 2 aromatic carbocycles. The number of nitrogens with zero attached hydrogens (tertiary/aromatic N) is 1. The number of rotatable bonds is 5. The van der Waals surface area contributed by atoms with Crippen LogP contribution in [-0.2, 0) is 6.42 Å². The first-order valence-electron chi connectivity index (χ1n) is 7.03. The predicted molar refractivity (Wildman–Crippen MR) is 87.4 cm³/mol. The van der Waals surface area contributed by atoms with Crippen LogP contribution in [0.5, 0.6) is 0 Å². The van der Waals surface area contributed by atoms with Crippen LogP contribution in [0.15, 0.2) is 42.5 Å². The van der Waals surface area contributed by atoms with Gasteiger partial charge in [-0.1, -0.05) is 30.7 Å². The summed E-state index contributed by atoms with van der Waals surface area (Å²) in [7, 11) is 1.92. The average Bonchev–Trinajstić information content (AvgIpc) is 2.51. The Hall–Kier alpha value is -1.58. The first kappa shape index (κ1) is 15.8. The van der Waals surface area contributed by atoms with E-state index in [0.29, 0.717) is 17.1 Å². The molecule has 2 aromatic rings. The van der Waals surface area contributed by atoms with Crippen molar-refractivity contribution < 1.29 is 4.39 Å². The van der Waals surface area contributed by atoms with E-state index in [9.17, 15) is 4.39 Å². The molecule has 0 amide bonds. The number of hydrogen-bond acceptors (Lipinski definition) is 2. The third-order valence-electron chi connectivity index (χ3n) is 3.76. The summed E-state index contributed by atoms with van der Waals surface area (Å²) >= 11 is 5.98. The van der Waals surface area contributed by atoms with Gasteiger partial charge in [-0.2, -0.15) is 0 Å². The van der Waals surface area contributed by atoms with Gasteiger partial charge in [0.2, 0.25) is 0 Å². The van der Waals surface area contributed by atoms with Crippen LogP contribution in [-0.4, -0.2) is 13.6 Å². The minimum Gasteiger partial charge on any atom is -0.366 e. The second-order valence-electron chi connectivity index (χ2n) is 5.05. The fraction of sp³-hybridized carbons (Fsp3) is 0.294. The van der Waals surface area contributed by atoms with Crippen molar-refractivity contribution in [3.05, 3.63) is 64.4 Å². The molecule has 21 heavy (non-hydrogen) atoms. The first-order chi connectivity index (χ1) is 10.1. The highest BCUT2D eigenvalue weighted by atomic mass is 35.5. The smallest absolute Gasteiger partial charge is 0.128 e. The molecule has 0 fully saturated rings. The molecule has 0 saturated heterocycles. The number of benzene rings is 2. The van der Waals surface area contributed by atoms with Crippen molar-refractivity contribution >= 4 is 17.3 Å². The Morgan fingerprint density at radius 1 is 1.19 bits per heavy atom. The zero-order valence-electron chi connectivity index (χ0n) is 12.3. The molecular weight excluding hydrogens is 287 g/mol. The van der Waals surface area contributed by atoms with E-state index in [-0.39, 0.29) is 11.9 Å². The predicted octanol–water partition coefficient (Wildman–Crippen LogP) is 4.18. The van der Waals surface area contributed by atoms with E-state index in [2.05, 4.69) is 19.1 Å². The minimum absolute atomic E-state index is 0.254. The first-order valence-corrected chi connectivity index (χ1v) is 7.41. The number of aryl methyl sites for hydroxylation is 1. The van der Waals surface area contributed by atoms with Crippen molar-refractivity contribution in [2.45, 2.75) is 19.4 Å². The molecule has 1 atom stereocenters. The van der Waals surface area contributed by atoms with Crippen molar-refractivity contribution in [1.82, 2.24) is 0 Å². The van der Waals surface area contributed by atoms with Gasteiger partial charge in [-0.05, 0) is 42.3 Å². The molecule has 0 saturated carbocycles. The number of anilines is 1. The van der Waals surface area contributed by atoms with Crippen LogP contribution in [0.2, 0.25) is 5.02 Å². The van der Waals surface area contributed by atoms with Crippen LogP contribution in [0.3, 0.4) is 0 Å². The molecule has 0 radical (unpaired) electrons. The third-order valence-corrected chi connectivity index (χ3v) is 3.99. The van der Waals surface area contributed by atoms with Crippen LogP contribution < -0.4 is 10.6 Å². The second kappa shape index (κ2) is 6.92. The van der Waals surface area contributed by atoms with Gasteiger partial charge < -0.3 is 10.6 Å². The molecule has 2 rings (SSSR count). The number of halogens is 2. The van der Waals surface area contributed by atoms with Gasteiger partial charge in [0.15, 0.2) is 0 Å². The topological polar surface area (TPSA) is 29.3 Å². The van der Waals surface area contributed by atoms with Crippen molar-refractivity contribution in [2.24, 2.45) is 5.73 Å². The second-order valence-corrected chi connectivity index (χ2v) is 5.48. The number of nitrogens with two attached hydrogens (primary N) is 1. The van der Waals surface area contributed by atoms with E-state index in [1.165, 1.54) is 11.6 Å². The summed E-state index contributed by atoms with van der Waals surface area (Å²) in [6.07, 6.45) is 0.993. The molecule has 2 N–H and O–H groups in total. The highest BCUT2D eigenvalue weighted by Crippen LogP contribution is 2.28. The van der Waals surface area contributed by atoms with Crippen LogP contribution in [0.25, 0.3) is 0 Å². The Labute approximate surface area is 130 Å². The molecule has 0 bridgehead atoms. The van der Waals surface area contributed by atoms with E-state index in [1.54, 1.807) is 12.1 Å². The highest BCUT2D eigenvalue weighted by Gasteiger charge is 2.20. The lowest BCUT2D eigenvalue weighted by Crippen LogP contribution is -2.31. The SMILES string of the molecule is CCc1ccc(N(C)C(CN)c2cc(Cl)ccc2F)cc1. The zero-order chi connectivity index (χ0) is 15.4. The van der Waals surface area contributed by atoms with Gasteiger partial charge >= 0.3 is 0 Å². The summed E-state index contributed by atoms with van der Waals surface area (Å²) in [5.41, 5.74) is 8.66. The molecule has 112 valence electrons. The molecule has 0 spiro atoms. The van der Waals surface area contributed by atoms with Gasteiger partial charge in [-0.15, -0.1) is 0 Å². The van der Waals surface area contributed by atoms with E-state index in [1.807, 2.05) is 24.1 Å². The lowest BCUT2D eigenvalue weighted by atomic mass is 10.0. The Balaban J connectivity index is 2.33. The molecule has 0 aliphatic carbocycles. The fourth-order valence-electron chi connectivity index (χ4n) is 2.41. The lowest BCUT2D eigenvalue weighted by Gasteiger charge is -2.30. The van der Waals surface area contributed by atoms with E-state index < -0.39 is 0 Å². The van der Waals surface area contributed by atoms with Crippen molar-refractivity contribution in [3.8, 4) is 0 Å². The summed E-state index contributed by atoms with van der Waals surface area (Å²) in [4.78, 5) is 1.98. The van der Waals surface area contributed by atoms with Gasteiger partial charge in [0, 0.05) is 29.9 Å². The Morgan fingerprint density at radius 2 is 1.86 bits per heavy atom. The summed E-state index contributed by atoms with van der Waals surface area (Å²) in [6, 6.07) is 12.5. The van der Waals surface area contributed by atoms with Gasteiger partial charge in [0.25, 0.3) is 0 Å². The summed E-state index contributed by atoms with van der Waals surface area (Å²) in [5.74, 6) is -0.285. The standard InChI is InChI=1S/C17H20ClFN2/c1-3-12-4-7-14(8-5-12)21(2)17(11-20)15-10-13(18)6-9-16(15)19/h4-10,17H,3,11,20H2,1-2H3. The number of hydrogen-bond donors (Lipinski definition) is 1. The minimum atomic E-state index is -0.285. The van der Waals surface area contributed by atoms with Crippen LogP contribution >= 0.6 is 11.6 Å². The molecule has 0 heterocycles. The number of likely N-dealkylation sites (N-methyl/N-ethyl adjacent to an activating group) is 1. The molecule has 2 nitrogen and oxygen atoms in total. The maximum atomic E-state index is 14.1. The zero-order valence-corrected chi connectivity index (χ0v) is 13.1. The van der Waals surface area contributed by atoms with Crippen LogP contribution in [0, 0.1) is 5.82 Å². The summed E-state index contributed by atoms with van der Waals surface area (Å²) < 4.78 is 14.1. The van der Waals surface area contributed by atoms with Crippen molar-refractivity contribution in [2.75, 3.05) is 18.5 Å². The maximum absolute atomic E-state index is 14.1. The average molecular weight is 307 g/mol. The normalized spacial score (nSPS) is 12.2. The quantitative estimate of drug-likeness (QED) is 0.898. The maximum Gasteiger partial charge on any atom is 0.128 e. The van der Waals surface area contributed by atoms with Crippen LogP contribution in [0.1, 0.15) is 24.1 Å². The van der Waals surface area contributed by atoms with E-state index >= 15 is 0 Å². The molecular formula is C17H20ClFN2. The molecule has 0 aromatic heterocycles.